The summed E-state index contributed by atoms with van der Waals surface area (Å²) in [6.07, 6.45) is 1.45. The molecule has 0 spiro atoms. The number of primary amides is 1. The van der Waals surface area contributed by atoms with E-state index in [-0.39, 0.29) is 17.2 Å². The van der Waals surface area contributed by atoms with Crippen LogP contribution in [0.15, 0.2) is 144 Å². The summed E-state index contributed by atoms with van der Waals surface area (Å²) in [7, 11) is 0. The molecular formula is C37H29FN4O4S. The second kappa shape index (κ2) is 15.3. The molecule has 10 heteroatoms. The number of hydrogen-bond acceptors (Lipinski definition) is 5. The van der Waals surface area contributed by atoms with E-state index in [9.17, 15) is 23.6 Å². The predicted octanol–water partition coefficient (Wildman–Crippen LogP) is 6.81. The van der Waals surface area contributed by atoms with E-state index in [1.807, 2.05) is 30.3 Å². The molecule has 0 saturated heterocycles. The van der Waals surface area contributed by atoms with Gasteiger partial charge in [0.2, 0.25) is 5.91 Å². The first-order chi connectivity index (χ1) is 22.8. The van der Waals surface area contributed by atoms with Gasteiger partial charge in [-0.25, -0.2) is 4.39 Å². The van der Waals surface area contributed by atoms with Gasteiger partial charge in [0.25, 0.3) is 17.7 Å². The molecule has 0 radical (unpaired) electrons. The van der Waals surface area contributed by atoms with Crippen LogP contribution >= 0.6 is 11.8 Å². The molecule has 0 bridgehead atoms. The van der Waals surface area contributed by atoms with Crippen LogP contribution in [0.2, 0.25) is 0 Å². The van der Waals surface area contributed by atoms with Crippen molar-refractivity contribution in [1.29, 1.82) is 0 Å². The highest BCUT2D eigenvalue weighted by Gasteiger charge is 2.24. The molecule has 234 valence electrons. The topological polar surface area (TPSA) is 130 Å². The van der Waals surface area contributed by atoms with Gasteiger partial charge in [-0.3, -0.25) is 19.2 Å². The molecule has 8 nitrogen and oxygen atoms in total. The average molecular weight is 645 g/mol. The Morgan fingerprint density at radius 2 is 1.38 bits per heavy atom. The molecule has 5 rings (SSSR count). The molecule has 0 aliphatic carbocycles. The van der Waals surface area contributed by atoms with Gasteiger partial charge in [-0.1, -0.05) is 78.9 Å². The number of anilines is 2. The molecule has 0 fully saturated rings. The van der Waals surface area contributed by atoms with Crippen LogP contribution in [0.5, 0.6) is 0 Å². The van der Waals surface area contributed by atoms with Gasteiger partial charge >= 0.3 is 0 Å². The summed E-state index contributed by atoms with van der Waals surface area (Å²) in [5.74, 6) is -2.58. The van der Waals surface area contributed by atoms with Crippen molar-refractivity contribution in [3.8, 4) is 0 Å². The second-order valence-corrected chi connectivity index (χ2v) is 11.4. The van der Waals surface area contributed by atoms with Crippen LogP contribution < -0.4 is 21.7 Å². The van der Waals surface area contributed by atoms with Crippen molar-refractivity contribution in [2.45, 2.75) is 10.1 Å². The van der Waals surface area contributed by atoms with Gasteiger partial charge in [-0.15, -0.1) is 11.8 Å². The van der Waals surface area contributed by atoms with E-state index < -0.39 is 28.8 Å². The summed E-state index contributed by atoms with van der Waals surface area (Å²) in [4.78, 5) is 52.7. The number of hydrogen-bond donors (Lipinski definition) is 4. The Bertz CT molecular complexity index is 1930. The molecule has 0 saturated carbocycles. The van der Waals surface area contributed by atoms with E-state index in [0.717, 1.165) is 0 Å². The first-order valence-electron chi connectivity index (χ1n) is 14.4. The van der Waals surface area contributed by atoms with Crippen molar-refractivity contribution >= 4 is 52.8 Å². The van der Waals surface area contributed by atoms with Gasteiger partial charge in [-0.05, 0) is 71.8 Å². The maximum atomic E-state index is 13.6. The summed E-state index contributed by atoms with van der Waals surface area (Å²) in [5.41, 5.74) is 7.92. The summed E-state index contributed by atoms with van der Waals surface area (Å²) in [6, 6.07) is 36.5. The highest BCUT2D eigenvalue weighted by molar-refractivity contribution is 8.00. The van der Waals surface area contributed by atoms with Crippen molar-refractivity contribution in [1.82, 2.24) is 5.32 Å². The monoisotopic (exact) mass is 644 g/mol. The van der Waals surface area contributed by atoms with Crippen molar-refractivity contribution in [2.75, 3.05) is 10.6 Å². The predicted molar refractivity (Wildman–Crippen MR) is 182 cm³/mol. The molecule has 1 atom stereocenters. The number of amides is 4. The van der Waals surface area contributed by atoms with Crippen LogP contribution in [-0.2, 0) is 9.59 Å². The van der Waals surface area contributed by atoms with Crippen molar-refractivity contribution < 1.29 is 23.6 Å². The molecule has 5 aromatic carbocycles. The van der Waals surface area contributed by atoms with Gasteiger partial charge in [0.05, 0.1) is 11.3 Å². The maximum absolute atomic E-state index is 13.6. The number of nitrogens with two attached hydrogens (primary N) is 1. The lowest BCUT2D eigenvalue weighted by Gasteiger charge is -2.18. The third-order valence-corrected chi connectivity index (χ3v) is 8.09. The Morgan fingerprint density at radius 1 is 0.723 bits per heavy atom. The van der Waals surface area contributed by atoms with E-state index in [4.69, 9.17) is 5.73 Å². The fourth-order valence-corrected chi connectivity index (χ4v) is 5.64. The number of benzene rings is 5. The zero-order valence-corrected chi connectivity index (χ0v) is 25.7. The highest BCUT2D eigenvalue weighted by Crippen LogP contribution is 2.37. The third kappa shape index (κ3) is 8.80. The number of thioether (sulfide) groups is 1. The molecule has 5 aromatic rings. The first-order valence-corrected chi connectivity index (χ1v) is 15.3. The molecule has 47 heavy (non-hydrogen) atoms. The van der Waals surface area contributed by atoms with Crippen LogP contribution in [-0.4, -0.2) is 23.6 Å². The number of carbonyl (C=O) groups excluding carboxylic acids is 4. The molecule has 0 aliphatic rings. The van der Waals surface area contributed by atoms with E-state index >= 15 is 0 Å². The summed E-state index contributed by atoms with van der Waals surface area (Å²) < 4.78 is 13.5. The van der Waals surface area contributed by atoms with Gasteiger partial charge in [0.1, 0.15) is 16.8 Å². The van der Waals surface area contributed by atoms with Crippen molar-refractivity contribution in [2.24, 2.45) is 5.73 Å². The van der Waals surface area contributed by atoms with Crippen molar-refractivity contribution in [3.63, 3.8) is 0 Å². The fourth-order valence-electron chi connectivity index (χ4n) is 4.56. The average Bonchev–Trinajstić information content (AvgIpc) is 3.09. The molecule has 0 heterocycles. The second-order valence-electron chi connectivity index (χ2n) is 10.2. The molecule has 1 unspecified atom stereocenters. The first kappa shape index (κ1) is 32.4. The Balaban J connectivity index is 1.38. The minimum atomic E-state index is -0.734. The van der Waals surface area contributed by atoms with Gasteiger partial charge in [0.15, 0.2) is 0 Å². The zero-order chi connectivity index (χ0) is 33.2. The Morgan fingerprint density at radius 3 is 2.09 bits per heavy atom. The van der Waals surface area contributed by atoms with Gasteiger partial charge in [-0.2, -0.15) is 0 Å². The van der Waals surface area contributed by atoms with Crippen LogP contribution in [0.4, 0.5) is 15.8 Å². The van der Waals surface area contributed by atoms with E-state index in [1.165, 1.54) is 48.2 Å². The minimum Gasteiger partial charge on any atom is -0.366 e. The van der Waals surface area contributed by atoms with Crippen LogP contribution in [0.25, 0.3) is 6.08 Å². The molecule has 5 N–H and O–H groups in total. The summed E-state index contributed by atoms with van der Waals surface area (Å²) >= 11 is 1.25. The smallest absolute Gasteiger partial charge is 0.272 e. The van der Waals surface area contributed by atoms with Gasteiger partial charge in [0, 0.05) is 16.1 Å². The Kier molecular flexibility index (Phi) is 10.6. The third-order valence-electron chi connectivity index (χ3n) is 6.85. The van der Waals surface area contributed by atoms with E-state index in [0.29, 0.717) is 33.0 Å². The zero-order valence-electron chi connectivity index (χ0n) is 24.9. The molecule has 4 amide bonds. The van der Waals surface area contributed by atoms with Crippen LogP contribution in [0, 0.1) is 5.82 Å². The lowest BCUT2D eigenvalue weighted by molar-refractivity contribution is -0.116. The largest absolute Gasteiger partial charge is 0.366 e. The standard InChI is InChI=1S/C37H29FN4O4S/c38-27-20-18-24(19-21-27)22-32(42-35(44)26-12-5-2-6-13-26)36(45)40-28-14-9-15-29(23-28)47-33(25-10-3-1-4-11-25)37(46)41-31-17-8-7-16-30(31)34(39)43/h1-23,33H,(H2,39,43)(H,40,45)(H,41,46)(H,42,44)/b32-22+. The van der Waals surface area contributed by atoms with Crippen LogP contribution in [0.3, 0.4) is 0 Å². The van der Waals surface area contributed by atoms with E-state index in [1.54, 1.807) is 72.8 Å². The molecule has 0 aliphatic heterocycles. The lowest BCUT2D eigenvalue weighted by Crippen LogP contribution is -2.30. The van der Waals surface area contributed by atoms with E-state index in [2.05, 4.69) is 16.0 Å². The Labute approximate surface area is 274 Å². The number of carbonyl (C=O) groups is 4. The van der Waals surface area contributed by atoms with Crippen molar-refractivity contribution in [3.05, 3.63) is 167 Å². The number of rotatable bonds is 11. The Hall–Kier alpha value is -6.00. The summed E-state index contributed by atoms with van der Waals surface area (Å²) in [6.45, 7) is 0. The quantitative estimate of drug-likeness (QED) is 0.0928. The minimum absolute atomic E-state index is 0.0572. The maximum Gasteiger partial charge on any atom is 0.272 e. The van der Waals surface area contributed by atoms with Crippen LogP contribution in [0.1, 0.15) is 37.1 Å². The molecular weight excluding hydrogens is 615 g/mol. The number of nitrogens with one attached hydrogen (secondary N) is 3. The normalized spacial score (nSPS) is 11.6. The lowest BCUT2D eigenvalue weighted by atomic mass is 10.1. The molecule has 0 aromatic heterocycles. The number of halogens is 1. The number of para-hydroxylation sites is 1. The summed E-state index contributed by atoms with van der Waals surface area (Å²) in [5, 5.41) is 7.57. The SMILES string of the molecule is NC(=O)c1ccccc1NC(=O)C(Sc1cccc(NC(=O)/C(=C\c2ccc(F)cc2)NC(=O)c2ccccc2)c1)c1ccccc1. The highest BCUT2D eigenvalue weighted by atomic mass is 32.2. The van der Waals surface area contributed by atoms with Gasteiger partial charge < -0.3 is 21.7 Å². The fraction of sp³-hybridized carbons (Fsp3) is 0.0270.